The number of sulfonamides is 1. The second kappa shape index (κ2) is 7.96. The third-order valence-corrected chi connectivity index (χ3v) is 6.42. The van der Waals surface area contributed by atoms with Gasteiger partial charge in [0.25, 0.3) is 15.9 Å². The molecule has 2 heterocycles. The van der Waals surface area contributed by atoms with Crippen molar-refractivity contribution in [2.75, 3.05) is 5.32 Å². The average Bonchev–Trinajstić information content (AvgIpc) is 2.76. The fourth-order valence-electron chi connectivity index (χ4n) is 3.08. The van der Waals surface area contributed by atoms with E-state index in [4.69, 9.17) is 0 Å². The summed E-state index contributed by atoms with van der Waals surface area (Å²) in [5.41, 5.74) is 1.87. The van der Waals surface area contributed by atoms with Gasteiger partial charge in [-0.05, 0) is 41.5 Å². The third-order valence-electron chi connectivity index (χ3n) is 4.65. The Kier molecular flexibility index (Phi) is 5.20. The molecule has 2 aromatic carbocycles. The summed E-state index contributed by atoms with van der Waals surface area (Å²) >= 11 is 0. The van der Waals surface area contributed by atoms with E-state index in [2.05, 4.69) is 15.6 Å². The normalized spacial score (nSPS) is 14.5. The summed E-state index contributed by atoms with van der Waals surface area (Å²) in [6.45, 7) is 0.176. The van der Waals surface area contributed by atoms with Gasteiger partial charge in [-0.15, -0.1) is 0 Å². The third kappa shape index (κ3) is 3.87. The maximum absolute atomic E-state index is 13.1. The summed E-state index contributed by atoms with van der Waals surface area (Å²) in [7, 11) is -4.12. The van der Waals surface area contributed by atoms with Crippen LogP contribution in [-0.2, 0) is 23.1 Å². The predicted molar refractivity (Wildman–Crippen MR) is 110 cm³/mol. The van der Waals surface area contributed by atoms with Crippen molar-refractivity contribution in [2.45, 2.75) is 18.0 Å². The fourth-order valence-corrected chi connectivity index (χ4v) is 4.57. The highest BCUT2D eigenvalue weighted by atomic mass is 32.2. The Hall–Kier alpha value is -3.72. The Balaban J connectivity index is 1.59. The van der Waals surface area contributed by atoms with Crippen LogP contribution in [0.4, 0.5) is 10.5 Å². The Bertz CT molecular complexity index is 1200. The van der Waals surface area contributed by atoms with Crippen LogP contribution in [-0.4, -0.2) is 29.6 Å². The number of nitrogens with one attached hydrogen (secondary N) is 2. The van der Waals surface area contributed by atoms with Crippen molar-refractivity contribution in [3.63, 3.8) is 0 Å². The summed E-state index contributed by atoms with van der Waals surface area (Å²) in [4.78, 5) is 28.7. The van der Waals surface area contributed by atoms with E-state index in [-0.39, 0.29) is 29.2 Å². The van der Waals surface area contributed by atoms with Crippen molar-refractivity contribution < 1.29 is 18.0 Å². The average molecular weight is 422 g/mol. The van der Waals surface area contributed by atoms with Crippen LogP contribution in [0.2, 0.25) is 0 Å². The molecule has 0 aliphatic carbocycles. The highest BCUT2D eigenvalue weighted by molar-refractivity contribution is 7.90. The van der Waals surface area contributed by atoms with Crippen molar-refractivity contribution in [3.8, 4) is 0 Å². The van der Waals surface area contributed by atoms with Gasteiger partial charge in [-0.3, -0.25) is 9.78 Å². The fraction of sp³-hybridized carbons (Fsp3) is 0.0952. The summed E-state index contributed by atoms with van der Waals surface area (Å²) in [5.74, 6) is -0.420. The first kappa shape index (κ1) is 19.6. The molecule has 0 saturated heterocycles. The number of nitrogens with zero attached hydrogens (tertiary/aromatic N) is 2. The molecule has 30 heavy (non-hydrogen) atoms. The second-order valence-corrected chi connectivity index (χ2v) is 8.51. The quantitative estimate of drug-likeness (QED) is 0.657. The maximum Gasteiger partial charge on any atom is 0.336 e. The van der Waals surface area contributed by atoms with E-state index < -0.39 is 22.0 Å². The number of carbonyl (C=O) groups excluding carboxylic acids is 2. The molecule has 1 aliphatic heterocycles. The van der Waals surface area contributed by atoms with Gasteiger partial charge in [0, 0.05) is 24.5 Å². The predicted octanol–water partition coefficient (Wildman–Crippen LogP) is 2.75. The van der Waals surface area contributed by atoms with Gasteiger partial charge in [0.15, 0.2) is 0 Å². The van der Waals surface area contributed by atoms with Crippen LogP contribution in [0.1, 0.15) is 21.5 Å². The van der Waals surface area contributed by atoms with Crippen LogP contribution in [0.25, 0.3) is 0 Å². The molecule has 0 spiro atoms. The Morgan fingerprint density at radius 1 is 1.00 bits per heavy atom. The molecular weight excluding hydrogens is 404 g/mol. The van der Waals surface area contributed by atoms with Gasteiger partial charge >= 0.3 is 6.03 Å². The highest BCUT2D eigenvalue weighted by Crippen LogP contribution is 2.32. The van der Waals surface area contributed by atoms with Gasteiger partial charge in [0.1, 0.15) is 4.90 Å². The molecule has 0 unspecified atom stereocenters. The van der Waals surface area contributed by atoms with Crippen LogP contribution in [0.15, 0.2) is 78.0 Å². The number of amides is 3. The molecule has 0 saturated carbocycles. The zero-order chi connectivity index (χ0) is 21.1. The monoisotopic (exact) mass is 422 g/mol. The first-order valence-electron chi connectivity index (χ1n) is 9.14. The Labute approximate surface area is 173 Å². The van der Waals surface area contributed by atoms with E-state index in [9.17, 15) is 18.0 Å². The molecular formula is C21H18N4O4S. The summed E-state index contributed by atoms with van der Waals surface area (Å²) in [5, 5.41) is 5.33. The van der Waals surface area contributed by atoms with Crippen LogP contribution in [0.3, 0.4) is 0 Å². The van der Waals surface area contributed by atoms with Crippen molar-refractivity contribution in [2.24, 2.45) is 0 Å². The molecule has 9 heteroatoms. The molecule has 3 amide bonds. The van der Waals surface area contributed by atoms with Crippen LogP contribution in [0.5, 0.6) is 0 Å². The van der Waals surface area contributed by atoms with E-state index in [0.717, 1.165) is 9.87 Å². The van der Waals surface area contributed by atoms with E-state index in [1.165, 1.54) is 18.2 Å². The maximum atomic E-state index is 13.1. The van der Waals surface area contributed by atoms with Gasteiger partial charge in [-0.25, -0.2) is 17.5 Å². The topological polar surface area (TPSA) is 108 Å². The molecule has 2 N–H and O–H groups in total. The van der Waals surface area contributed by atoms with Crippen LogP contribution >= 0.6 is 0 Å². The number of urea groups is 1. The number of rotatable bonds is 5. The summed E-state index contributed by atoms with van der Waals surface area (Å²) < 4.78 is 27.0. The highest BCUT2D eigenvalue weighted by Gasteiger charge is 2.37. The van der Waals surface area contributed by atoms with E-state index in [0.29, 0.717) is 5.56 Å². The minimum atomic E-state index is -4.12. The van der Waals surface area contributed by atoms with E-state index in [1.807, 2.05) is 0 Å². The molecule has 1 aromatic heterocycles. The number of anilines is 1. The molecule has 1 aliphatic rings. The van der Waals surface area contributed by atoms with Crippen molar-refractivity contribution in [3.05, 3.63) is 89.7 Å². The zero-order valence-corrected chi connectivity index (χ0v) is 16.6. The first-order chi connectivity index (χ1) is 14.4. The lowest BCUT2D eigenvalue weighted by atomic mass is 10.2. The van der Waals surface area contributed by atoms with Crippen LogP contribution in [0, 0.1) is 0 Å². The Morgan fingerprint density at radius 3 is 2.47 bits per heavy atom. The number of pyridine rings is 1. The molecule has 4 rings (SSSR count). The number of hydrogen-bond acceptors (Lipinski definition) is 5. The lowest BCUT2D eigenvalue weighted by Crippen LogP contribution is -2.43. The van der Waals surface area contributed by atoms with E-state index >= 15 is 0 Å². The lowest BCUT2D eigenvalue weighted by Gasteiger charge is -2.29. The number of carbonyl (C=O) groups is 2. The standard InChI is InChI=1S/C21H18N4O4S/c26-20(23-13-15-8-10-22-11-9-15)17-6-7-18-19(12-17)30(28,29)25(21(27)24-18)14-16-4-2-1-3-5-16/h1-12H,13-14H2,(H,23,26)(H,24,27). The molecule has 8 nitrogen and oxygen atoms in total. The van der Waals surface area contributed by atoms with Gasteiger partial charge in [-0.2, -0.15) is 0 Å². The number of hydrogen-bond donors (Lipinski definition) is 2. The lowest BCUT2D eigenvalue weighted by molar-refractivity contribution is 0.0950. The molecule has 0 radical (unpaired) electrons. The van der Waals surface area contributed by atoms with E-state index in [1.54, 1.807) is 54.9 Å². The van der Waals surface area contributed by atoms with Gasteiger partial charge < -0.3 is 10.6 Å². The molecule has 3 aromatic rings. The van der Waals surface area contributed by atoms with Crippen LogP contribution < -0.4 is 10.6 Å². The molecule has 152 valence electrons. The first-order valence-corrected chi connectivity index (χ1v) is 10.6. The largest absolute Gasteiger partial charge is 0.348 e. The Morgan fingerprint density at radius 2 is 1.73 bits per heavy atom. The van der Waals surface area contributed by atoms with Gasteiger partial charge in [0.05, 0.1) is 12.2 Å². The molecule has 0 atom stereocenters. The minimum Gasteiger partial charge on any atom is -0.348 e. The molecule has 0 bridgehead atoms. The smallest absolute Gasteiger partial charge is 0.336 e. The van der Waals surface area contributed by atoms with Gasteiger partial charge in [0.2, 0.25) is 0 Å². The number of aromatic nitrogens is 1. The zero-order valence-electron chi connectivity index (χ0n) is 15.8. The second-order valence-electron chi connectivity index (χ2n) is 6.68. The van der Waals surface area contributed by atoms with Crippen molar-refractivity contribution in [1.29, 1.82) is 0 Å². The SMILES string of the molecule is O=C(NCc1ccncc1)c1ccc2c(c1)S(=O)(=O)N(Cc1ccccc1)C(=O)N2. The van der Waals surface area contributed by atoms with Gasteiger partial charge in [-0.1, -0.05) is 30.3 Å². The molecule has 0 fully saturated rings. The summed E-state index contributed by atoms with van der Waals surface area (Å²) in [6, 6.07) is 15.8. The summed E-state index contributed by atoms with van der Waals surface area (Å²) in [6.07, 6.45) is 3.24. The number of fused-ring (bicyclic) bond motifs is 1. The minimum absolute atomic E-state index is 0.104. The van der Waals surface area contributed by atoms with Crippen molar-refractivity contribution in [1.82, 2.24) is 14.6 Å². The number of benzene rings is 2. The van der Waals surface area contributed by atoms with Crippen molar-refractivity contribution >= 4 is 27.6 Å².